The third-order valence-corrected chi connectivity index (χ3v) is 5.36. The topological polar surface area (TPSA) is 54.9 Å². The van der Waals surface area contributed by atoms with Crippen LogP contribution in [-0.4, -0.2) is 9.07 Å². The summed E-state index contributed by atoms with van der Waals surface area (Å²) in [6.45, 7) is 0. The van der Waals surface area contributed by atoms with Crippen LogP contribution in [0.25, 0.3) is 43.6 Å². The second-order valence-corrected chi connectivity index (χ2v) is 6.91. The van der Waals surface area contributed by atoms with Crippen molar-refractivity contribution < 1.29 is 0 Å². The normalized spacial score (nSPS) is 11.8. The molecule has 0 atom stereocenters. The number of para-hydroxylation sites is 2. The Kier molecular flexibility index (Phi) is 3.17. The first-order valence-electron chi connectivity index (χ1n) is 7.94. The predicted octanol–water partition coefficient (Wildman–Crippen LogP) is 4.80. The minimum absolute atomic E-state index is 0.111. The molecule has 0 saturated carbocycles. The predicted molar refractivity (Wildman–Crippen MR) is 108 cm³/mol. The Morgan fingerprint density at radius 1 is 0.769 bits per heavy atom. The number of nitrogens with one attached hydrogen (secondary N) is 1. The lowest BCUT2D eigenvalue weighted by molar-refractivity contribution is 1.36. The molecule has 126 valence electrons. The van der Waals surface area contributed by atoms with Crippen LogP contribution in [-0.2, 0) is 0 Å². The fourth-order valence-corrected chi connectivity index (χ4v) is 4.09. The monoisotopic (exact) mass is 380 g/mol. The molecule has 0 aliphatic carbocycles. The molecule has 0 aliphatic heterocycles. The molecule has 0 aliphatic rings. The van der Waals surface area contributed by atoms with Crippen molar-refractivity contribution in [2.24, 2.45) is 0 Å². The van der Waals surface area contributed by atoms with Gasteiger partial charge in [0.15, 0.2) is 10.9 Å². The third-order valence-electron chi connectivity index (χ3n) is 4.71. The number of fused-ring (bicyclic) bond motifs is 4. The van der Waals surface area contributed by atoms with Crippen molar-refractivity contribution in [3.63, 3.8) is 0 Å². The standard InChI is InChI=1S/C20H10Cl2N2O2/c21-14-6-3-5-11-18(14)24(22)17-9-12-16(8-13(17)20(11)26)23-15-7-2-1-4-10(15)19(12)25/h1-9H,(H,23,25). The van der Waals surface area contributed by atoms with E-state index < -0.39 is 0 Å². The molecule has 0 spiro atoms. The highest BCUT2D eigenvalue weighted by atomic mass is 35.5. The van der Waals surface area contributed by atoms with Gasteiger partial charge in [-0.15, -0.1) is 0 Å². The van der Waals surface area contributed by atoms with Crippen LogP contribution >= 0.6 is 23.4 Å². The van der Waals surface area contributed by atoms with Crippen molar-refractivity contribution in [1.82, 2.24) is 9.07 Å². The second-order valence-electron chi connectivity index (χ2n) is 6.16. The summed E-state index contributed by atoms with van der Waals surface area (Å²) < 4.78 is 1.35. The Bertz CT molecular complexity index is 1500. The molecule has 3 aromatic carbocycles. The summed E-state index contributed by atoms with van der Waals surface area (Å²) in [5.74, 6) is 0. The quantitative estimate of drug-likeness (QED) is 0.392. The van der Waals surface area contributed by atoms with E-state index in [-0.39, 0.29) is 10.9 Å². The molecule has 0 fully saturated rings. The molecule has 5 rings (SSSR count). The molecule has 0 radical (unpaired) electrons. The fraction of sp³-hybridized carbons (Fsp3) is 0. The van der Waals surface area contributed by atoms with Crippen molar-refractivity contribution in [3.8, 4) is 0 Å². The van der Waals surface area contributed by atoms with Gasteiger partial charge in [-0.3, -0.25) is 13.7 Å². The van der Waals surface area contributed by atoms with E-state index in [2.05, 4.69) is 4.98 Å². The molecule has 26 heavy (non-hydrogen) atoms. The molecule has 4 nitrogen and oxygen atoms in total. The smallest absolute Gasteiger partial charge is 0.197 e. The van der Waals surface area contributed by atoms with Gasteiger partial charge in [-0.05, 0) is 36.4 Å². The molecular weight excluding hydrogens is 371 g/mol. The third kappa shape index (κ3) is 1.97. The molecule has 2 heterocycles. The molecule has 0 amide bonds. The van der Waals surface area contributed by atoms with Crippen LogP contribution in [0.15, 0.2) is 64.2 Å². The molecule has 5 aromatic rings. The fourth-order valence-electron chi connectivity index (χ4n) is 3.47. The van der Waals surface area contributed by atoms with Gasteiger partial charge in [0.2, 0.25) is 0 Å². The van der Waals surface area contributed by atoms with Crippen LogP contribution < -0.4 is 10.9 Å². The molecular formula is C20H10Cl2N2O2. The molecule has 0 saturated heterocycles. The first-order chi connectivity index (χ1) is 12.6. The van der Waals surface area contributed by atoms with E-state index in [0.717, 1.165) is 5.52 Å². The maximum absolute atomic E-state index is 13.0. The van der Waals surface area contributed by atoms with Gasteiger partial charge >= 0.3 is 0 Å². The van der Waals surface area contributed by atoms with Crippen molar-refractivity contribution in [3.05, 3.63) is 80.1 Å². The zero-order valence-electron chi connectivity index (χ0n) is 13.2. The summed E-state index contributed by atoms with van der Waals surface area (Å²) >= 11 is 12.8. The molecule has 2 aromatic heterocycles. The van der Waals surface area contributed by atoms with Crippen LogP contribution in [0.5, 0.6) is 0 Å². The minimum atomic E-state index is -0.176. The van der Waals surface area contributed by atoms with E-state index in [1.165, 1.54) is 4.09 Å². The number of H-pyrrole nitrogens is 1. The highest BCUT2D eigenvalue weighted by Crippen LogP contribution is 2.28. The summed E-state index contributed by atoms with van der Waals surface area (Å²) in [5.41, 5.74) is 1.91. The molecule has 0 unspecified atom stereocenters. The Morgan fingerprint density at radius 2 is 1.50 bits per heavy atom. The first-order valence-corrected chi connectivity index (χ1v) is 8.66. The van der Waals surface area contributed by atoms with Crippen molar-refractivity contribution >= 4 is 67.0 Å². The van der Waals surface area contributed by atoms with E-state index in [0.29, 0.717) is 43.1 Å². The largest absolute Gasteiger partial charge is 0.354 e. The number of hydrogen-bond donors (Lipinski definition) is 1. The van der Waals surface area contributed by atoms with Gasteiger partial charge in [-0.1, -0.05) is 29.8 Å². The van der Waals surface area contributed by atoms with Crippen molar-refractivity contribution in [2.75, 3.05) is 0 Å². The van der Waals surface area contributed by atoms with Crippen LogP contribution in [0, 0.1) is 0 Å². The summed E-state index contributed by atoms with van der Waals surface area (Å²) in [4.78, 5) is 29.1. The SMILES string of the molecule is O=c1c2ccccc2[nH]c2cc3c(=O)c4cccc(Cl)c4n(Cl)c3cc12. The maximum Gasteiger partial charge on any atom is 0.197 e. The first kappa shape index (κ1) is 15.4. The zero-order valence-corrected chi connectivity index (χ0v) is 14.7. The van der Waals surface area contributed by atoms with Crippen molar-refractivity contribution in [1.29, 1.82) is 0 Å². The minimum Gasteiger partial charge on any atom is -0.354 e. The Balaban J connectivity index is 2.09. The highest BCUT2D eigenvalue weighted by molar-refractivity contribution is 6.37. The van der Waals surface area contributed by atoms with Gasteiger partial charge in [0, 0.05) is 38.8 Å². The zero-order chi connectivity index (χ0) is 18.0. The van der Waals surface area contributed by atoms with Gasteiger partial charge in [0.05, 0.1) is 21.6 Å². The lowest BCUT2D eigenvalue weighted by atomic mass is 10.1. The number of hydrogen-bond acceptors (Lipinski definition) is 2. The maximum atomic E-state index is 13.0. The van der Waals surface area contributed by atoms with Crippen LogP contribution in [0.4, 0.5) is 0 Å². The Labute approximate surface area is 156 Å². The van der Waals surface area contributed by atoms with E-state index in [4.69, 9.17) is 23.4 Å². The summed E-state index contributed by atoms with van der Waals surface area (Å²) in [5, 5.41) is 2.29. The van der Waals surface area contributed by atoms with Gasteiger partial charge < -0.3 is 4.98 Å². The number of aromatic amines is 1. The van der Waals surface area contributed by atoms with Crippen LogP contribution in [0.2, 0.25) is 5.02 Å². The highest BCUT2D eigenvalue weighted by Gasteiger charge is 2.15. The van der Waals surface area contributed by atoms with Gasteiger partial charge in [0.25, 0.3) is 0 Å². The number of rotatable bonds is 0. The Hall–Kier alpha value is -2.82. The van der Waals surface area contributed by atoms with E-state index in [1.807, 2.05) is 18.2 Å². The lowest BCUT2D eigenvalue weighted by Crippen LogP contribution is -2.10. The average molecular weight is 381 g/mol. The summed E-state index contributed by atoms with van der Waals surface area (Å²) in [6.07, 6.45) is 0. The number of aromatic nitrogens is 2. The molecule has 0 bridgehead atoms. The Morgan fingerprint density at radius 3 is 2.35 bits per heavy atom. The molecule has 1 N–H and O–H groups in total. The van der Waals surface area contributed by atoms with Crippen LogP contribution in [0.3, 0.4) is 0 Å². The number of nitrogens with zero attached hydrogens (tertiary/aromatic N) is 1. The number of pyridine rings is 2. The van der Waals surface area contributed by atoms with Crippen LogP contribution in [0.1, 0.15) is 0 Å². The van der Waals surface area contributed by atoms with Crippen molar-refractivity contribution in [2.45, 2.75) is 0 Å². The van der Waals surface area contributed by atoms with Gasteiger partial charge in [0.1, 0.15) is 0 Å². The lowest BCUT2D eigenvalue weighted by Gasteiger charge is -2.11. The van der Waals surface area contributed by atoms with Gasteiger partial charge in [-0.25, -0.2) is 0 Å². The second kappa shape index (κ2) is 5.34. The summed E-state index contributed by atoms with van der Waals surface area (Å²) in [7, 11) is 0. The van der Waals surface area contributed by atoms with E-state index >= 15 is 0 Å². The molecule has 6 heteroatoms. The van der Waals surface area contributed by atoms with E-state index in [9.17, 15) is 9.59 Å². The van der Waals surface area contributed by atoms with E-state index in [1.54, 1.807) is 36.4 Å². The number of halogens is 2. The van der Waals surface area contributed by atoms with Gasteiger partial charge in [-0.2, -0.15) is 0 Å². The number of benzene rings is 3. The average Bonchev–Trinajstić information content (AvgIpc) is 2.65. The summed E-state index contributed by atoms with van der Waals surface area (Å²) in [6, 6.07) is 15.7.